The van der Waals surface area contributed by atoms with Gasteiger partial charge in [0.05, 0.1) is 0 Å². The van der Waals surface area contributed by atoms with Gasteiger partial charge in [-0.2, -0.15) is 0 Å². The molecule has 2 N–H and O–H groups in total. The Balaban J connectivity index is 2.03. The van der Waals surface area contributed by atoms with Gasteiger partial charge in [0.15, 0.2) is 0 Å². The van der Waals surface area contributed by atoms with Gasteiger partial charge in [-0.05, 0) is 36.2 Å². The molecule has 20 heavy (non-hydrogen) atoms. The number of benzene rings is 2. The topological polar surface area (TPSA) is 46.3 Å². The Morgan fingerprint density at radius 1 is 1.00 bits per heavy atom. The van der Waals surface area contributed by atoms with Gasteiger partial charge in [0.2, 0.25) is 0 Å². The van der Waals surface area contributed by atoms with E-state index < -0.39 is 0 Å². The molecule has 0 aliphatic carbocycles. The summed E-state index contributed by atoms with van der Waals surface area (Å²) in [4.78, 5) is 14.0. The van der Waals surface area contributed by atoms with Crippen LogP contribution in [0.4, 0.5) is 0 Å². The van der Waals surface area contributed by atoms with Crippen LogP contribution in [0.2, 0.25) is 0 Å². The van der Waals surface area contributed by atoms with Crippen molar-refractivity contribution in [2.75, 3.05) is 13.6 Å². The predicted octanol–water partition coefficient (Wildman–Crippen LogP) is 2.46. The van der Waals surface area contributed by atoms with Crippen LogP contribution in [0.3, 0.4) is 0 Å². The lowest BCUT2D eigenvalue weighted by atomic mass is 10.1. The molecule has 0 heterocycles. The molecule has 0 fully saturated rings. The second kappa shape index (κ2) is 6.87. The lowest BCUT2D eigenvalue weighted by molar-refractivity contribution is 0.0785. The van der Waals surface area contributed by atoms with Crippen molar-refractivity contribution in [1.29, 1.82) is 0 Å². The first-order chi connectivity index (χ1) is 9.70. The molecule has 2 aromatic rings. The van der Waals surface area contributed by atoms with Gasteiger partial charge in [-0.15, -0.1) is 0 Å². The monoisotopic (exact) mass is 268 g/mol. The molecule has 1 amide bonds. The summed E-state index contributed by atoms with van der Waals surface area (Å²) in [7, 11) is 1.82. The molecular formula is C17H20N2O. The summed E-state index contributed by atoms with van der Waals surface area (Å²) in [6.45, 7) is 1.24. The number of hydrogen-bond acceptors (Lipinski definition) is 2. The van der Waals surface area contributed by atoms with Crippen molar-refractivity contribution in [2.24, 2.45) is 5.73 Å². The first-order valence-corrected chi connectivity index (χ1v) is 6.79. The summed E-state index contributed by atoms with van der Waals surface area (Å²) >= 11 is 0. The average molecular weight is 268 g/mol. The Labute approximate surface area is 120 Å². The molecule has 2 aromatic carbocycles. The van der Waals surface area contributed by atoms with Crippen LogP contribution in [-0.2, 0) is 13.0 Å². The normalized spacial score (nSPS) is 10.3. The standard InChI is InChI=1S/C17H20N2O/c1-19(13-15-5-3-2-4-6-15)17(20)16-9-7-14(8-10-16)11-12-18/h2-10H,11-13,18H2,1H3. The van der Waals surface area contributed by atoms with Gasteiger partial charge in [0, 0.05) is 19.2 Å². The summed E-state index contributed by atoms with van der Waals surface area (Å²) in [5, 5.41) is 0. The maximum absolute atomic E-state index is 12.3. The molecule has 0 saturated carbocycles. The van der Waals surface area contributed by atoms with Crippen molar-refractivity contribution in [1.82, 2.24) is 4.90 Å². The molecule has 3 heteroatoms. The number of nitrogens with two attached hydrogens (primary N) is 1. The van der Waals surface area contributed by atoms with Crippen LogP contribution < -0.4 is 5.73 Å². The Morgan fingerprint density at radius 2 is 1.65 bits per heavy atom. The first kappa shape index (κ1) is 14.3. The molecule has 0 unspecified atom stereocenters. The molecule has 0 spiro atoms. The van der Waals surface area contributed by atoms with Crippen molar-refractivity contribution in [3.8, 4) is 0 Å². The molecule has 104 valence electrons. The summed E-state index contributed by atoms with van der Waals surface area (Å²) < 4.78 is 0. The molecule has 3 nitrogen and oxygen atoms in total. The number of amides is 1. The SMILES string of the molecule is CN(Cc1ccccc1)C(=O)c1ccc(CCN)cc1. The van der Waals surface area contributed by atoms with E-state index in [-0.39, 0.29) is 5.91 Å². The van der Waals surface area contributed by atoms with Gasteiger partial charge in [-0.3, -0.25) is 4.79 Å². The summed E-state index contributed by atoms with van der Waals surface area (Å²) in [6.07, 6.45) is 0.842. The molecule has 0 radical (unpaired) electrons. The van der Waals surface area contributed by atoms with Gasteiger partial charge in [-0.1, -0.05) is 42.5 Å². The van der Waals surface area contributed by atoms with Gasteiger partial charge in [0.1, 0.15) is 0 Å². The summed E-state index contributed by atoms with van der Waals surface area (Å²) in [5.74, 6) is 0.0353. The molecule has 0 saturated heterocycles. The number of nitrogens with zero attached hydrogens (tertiary/aromatic N) is 1. The quantitative estimate of drug-likeness (QED) is 0.905. The zero-order valence-electron chi connectivity index (χ0n) is 11.8. The second-order valence-corrected chi connectivity index (χ2v) is 4.88. The highest BCUT2D eigenvalue weighted by atomic mass is 16.2. The largest absolute Gasteiger partial charge is 0.337 e. The fraction of sp³-hybridized carbons (Fsp3) is 0.235. The fourth-order valence-corrected chi connectivity index (χ4v) is 2.13. The lowest BCUT2D eigenvalue weighted by Gasteiger charge is -2.17. The highest BCUT2D eigenvalue weighted by Gasteiger charge is 2.11. The summed E-state index contributed by atoms with van der Waals surface area (Å²) in [5.41, 5.74) is 8.52. The Morgan fingerprint density at radius 3 is 2.25 bits per heavy atom. The minimum atomic E-state index is 0.0353. The van der Waals surface area contributed by atoms with E-state index in [9.17, 15) is 4.79 Å². The van der Waals surface area contributed by atoms with E-state index in [0.717, 1.165) is 17.5 Å². The zero-order chi connectivity index (χ0) is 14.4. The van der Waals surface area contributed by atoms with Crippen molar-refractivity contribution < 1.29 is 4.79 Å². The Bertz CT molecular complexity index is 549. The summed E-state index contributed by atoms with van der Waals surface area (Å²) in [6, 6.07) is 17.7. The van der Waals surface area contributed by atoms with Crippen LogP contribution in [0.1, 0.15) is 21.5 Å². The van der Waals surface area contributed by atoms with E-state index in [0.29, 0.717) is 18.7 Å². The Hall–Kier alpha value is -2.13. The smallest absolute Gasteiger partial charge is 0.253 e. The van der Waals surface area contributed by atoms with E-state index in [1.165, 1.54) is 0 Å². The average Bonchev–Trinajstić information content (AvgIpc) is 2.48. The van der Waals surface area contributed by atoms with Crippen LogP contribution in [0.5, 0.6) is 0 Å². The van der Waals surface area contributed by atoms with Gasteiger partial charge < -0.3 is 10.6 Å². The van der Waals surface area contributed by atoms with E-state index in [1.54, 1.807) is 4.90 Å². The number of carbonyl (C=O) groups is 1. The molecule has 0 bridgehead atoms. The minimum absolute atomic E-state index is 0.0353. The maximum atomic E-state index is 12.3. The highest BCUT2D eigenvalue weighted by molar-refractivity contribution is 5.94. The molecule has 0 aliphatic rings. The second-order valence-electron chi connectivity index (χ2n) is 4.88. The van der Waals surface area contributed by atoms with Crippen molar-refractivity contribution >= 4 is 5.91 Å². The van der Waals surface area contributed by atoms with Crippen LogP contribution >= 0.6 is 0 Å². The van der Waals surface area contributed by atoms with E-state index in [1.807, 2.05) is 61.6 Å². The third-order valence-electron chi connectivity index (χ3n) is 3.24. The van der Waals surface area contributed by atoms with Gasteiger partial charge in [-0.25, -0.2) is 0 Å². The lowest BCUT2D eigenvalue weighted by Crippen LogP contribution is -2.26. The van der Waals surface area contributed by atoms with E-state index >= 15 is 0 Å². The third-order valence-corrected chi connectivity index (χ3v) is 3.24. The highest BCUT2D eigenvalue weighted by Crippen LogP contribution is 2.10. The number of carbonyl (C=O) groups excluding carboxylic acids is 1. The van der Waals surface area contributed by atoms with E-state index in [4.69, 9.17) is 5.73 Å². The van der Waals surface area contributed by atoms with Gasteiger partial charge >= 0.3 is 0 Å². The van der Waals surface area contributed by atoms with Crippen LogP contribution in [0.25, 0.3) is 0 Å². The molecular weight excluding hydrogens is 248 g/mol. The predicted molar refractivity (Wildman–Crippen MR) is 81.4 cm³/mol. The first-order valence-electron chi connectivity index (χ1n) is 6.79. The van der Waals surface area contributed by atoms with Gasteiger partial charge in [0.25, 0.3) is 5.91 Å². The van der Waals surface area contributed by atoms with E-state index in [2.05, 4.69) is 0 Å². The molecule has 0 aromatic heterocycles. The van der Waals surface area contributed by atoms with Crippen LogP contribution in [-0.4, -0.2) is 24.4 Å². The number of rotatable bonds is 5. The zero-order valence-corrected chi connectivity index (χ0v) is 11.8. The fourth-order valence-electron chi connectivity index (χ4n) is 2.13. The third kappa shape index (κ3) is 3.68. The number of hydrogen-bond donors (Lipinski definition) is 1. The van der Waals surface area contributed by atoms with Crippen molar-refractivity contribution in [2.45, 2.75) is 13.0 Å². The minimum Gasteiger partial charge on any atom is -0.337 e. The Kier molecular flexibility index (Phi) is 4.91. The van der Waals surface area contributed by atoms with Crippen LogP contribution in [0.15, 0.2) is 54.6 Å². The van der Waals surface area contributed by atoms with Crippen molar-refractivity contribution in [3.63, 3.8) is 0 Å². The molecule has 0 atom stereocenters. The maximum Gasteiger partial charge on any atom is 0.253 e. The molecule has 2 rings (SSSR count). The van der Waals surface area contributed by atoms with Crippen LogP contribution in [0, 0.1) is 0 Å². The van der Waals surface area contributed by atoms with Crippen molar-refractivity contribution in [3.05, 3.63) is 71.3 Å². The molecule has 0 aliphatic heterocycles.